The maximum absolute atomic E-state index is 11.5. The lowest BCUT2D eigenvalue weighted by Gasteiger charge is -2.21. The van der Waals surface area contributed by atoms with E-state index in [9.17, 15) is 8.42 Å². The molecule has 1 unspecified atom stereocenters. The van der Waals surface area contributed by atoms with E-state index in [1.807, 2.05) is 6.07 Å². The molecule has 0 aliphatic heterocycles. The monoisotopic (exact) mass is 255 g/mol. The Kier molecular flexibility index (Phi) is 4.71. The molecule has 0 aromatic heterocycles. The van der Waals surface area contributed by atoms with Crippen LogP contribution in [0.25, 0.3) is 0 Å². The maximum Gasteiger partial charge on any atom is 0.175 e. The lowest BCUT2D eigenvalue weighted by Crippen LogP contribution is -2.20. The van der Waals surface area contributed by atoms with Crippen LogP contribution in [0, 0.1) is 5.92 Å². The largest absolute Gasteiger partial charge is 0.324 e. The minimum atomic E-state index is -3.15. The molecule has 0 saturated carbocycles. The summed E-state index contributed by atoms with van der Waals surface area (Å²) in [6.45, 7) is 4.21. The average Bonchev–Trinajstić information content (AvgIpc) is 2.29. The molecule has 0 aliphatic rings. The topological polar surface area (TPSA) is 60.2 Å². The first-order valence-corrected chi connectivity index (χ1v) is 7.84. The SMILES string of the molecule is CCC(CC)C(N)c1cccc(S(C)(=O)=O)c1. The molecule has 1 aromatic rings. The Morgan fingerprint density at radius 3 is 2.29 bits per heavy atom. The molecule has 1 aromatic carbocycles. The van der Waals surface area contributed by atoms with Crippen molar-refractivity contribution >= 4 is 9.84 Å². The van der Waals surface area contributed by atoms with Crippen molar-refractivity contribution in [1.29, 1.82) is 0 Å². The highest BCUT2D eigenvalue weighted by atomic mass is 32.2. The Morgan fingerprint density at radius 2 is 1.82 bits per heavy atom. The Balaban J connectivity index is 3.07. The summed E-state index contributed by atoms with van der Waals surface area (Å²) in [7, 11) is -3.15. The highest BCUT2D eigenvalue weighted by Crippen LogP contribution is 2.26. The van der Waals surface area contributed by atoms with Crippen molar-refractivity contribution in [3.05, 3.63) is 29.8 Å². The number of rotatable bonds is 5. The Morgan fingerprint density at radius 1 is 1.24 bits per heavy atom. The quantitative estimate of drug-likeness (QED) is 0.879. The fourth-order valence-electron chi connectivity index (χ4n) is 2.02. The van der Waals surface area contributed by atoms with Crippen molar-refractivity contribution in [1.82, 2.24) is 0 Å². The molecular formula is C13H21NO2S. The summed E-state index contributed by atoms with van der Waals surface area (Å²) in [6.07, 6.45) is 3.22. The van der Waals surface area contributed by atoms with E-state index in [1.54, 1.807) is 18.2 Å². The van der Waals surface area contributed by atoms with Crippen LogP contribution < -0.4 is 5.73 Å². The van der Waals surface area contributed by atoms with E-state index in [4.69, 9.17) is 5.73 Å². The molecule has 96 valence electrons. The van der Waals surface area contributed by atoms with Gasteiger partial charge in [0.05, 0.1) is 4.90 Å². The lowest BCUT2D eigenvalue weighted by molar-refractivity contribution is 0.405. The van der Waals surface area contributed by atoms with Crippen LogP contribution in [0.2, 0.25) is 0 Å². The predicted octanol–water partition coefficient (Wildman–Crippen LogP) is 2.53. The number of hydrogen-bond donors (Lipinski definition) is 1. The summed E-state index contributed by atoms with van der Waals surface area (Å²) in [6, 6.07) is 6.87. The summed E-state index contributed by atoms with van der Waals surface area (Å²) >= 11 is 0. The summed E-state index contributed by atoms with van der Waals surface area (Å²) in [5.74, 6) is 0.393. The molecule has 0 aliphatic carbocycles. The van der Waals surface area contributed by atoms with Gasteiger partial charge in [-0.15, -0.1) is 0 Å². The molecule has 0 saturated heterocycles. The smallest absolute Gasteiger partial charge is 0.175 e. The number of nitrogens with two attached hydrogens (primary N) is 1. The van der Waals surface area contributed by atoms with Crippen molar-refractivity contribution in [3.63, 3.8) is 0 Å². The minimum absolute atomic E-state index is 0.0910. The maximum atomic E-state index is 11.5. The number of sulfone groups is 1. The summed E-state index contributed by atoms with van der Waals surface area (Å²) in [5, 5.41) is 0. The Labute approximate surface area is 104 Å². The van der Waals surface area contributed by atoms with Gasteiger partial charge in [0, 0.05) is 12.3 Å². The highest BCUT2D eigenvalue weighted by molar-refractivity contribution is 7.90. The highest BCUT2D eigenvalue weighted by Gasteiger charge is 2.17. The minimum Gasteiger partial charge on any atom is -0.324 e. The third kappa shape index (κ3) is 3.54. The van der Waals surface area contributed by atoms with Crippen molar-refractivity contribution in [2.24, 2.45) is 11.7 Å². The van der Waals surface area contributed by atoms with E-state index in [1.165, 1.54) is 6.26 Å². The van der Waals surface area contributed by atoms with Crippen LogP contribution in [-0.4, -0.2) is 14.7 Å². The second-order valence-electron chi connectivity index (χ2n) is 4.45. The van der Waals surface area contributed by atoms with Gasteiger partial charge in [0.2, 0.25) is 0 Å². The van der Waals surface area contributed by atoms with Crippen LogP contribution in [0.5, 0.6) is 0 Å². The van der Waals surface area contributed by atoms with Gasteiger partial charge in [0.25, 0.3) is 0 Å². The molecule has 17 heavy (non-hydrogen) atoms. The van der Waals surface area contributed by atoms with Crippen LogP contribution in [0.4, 0.5) is 0 Å². The van der Waals surface area contributed by atoms with Gasteiger partial charge in [-0.05, 0) is 23.6 Å². The summed E-state index contributed by atoms with van der Waals surface area (Å²) < 4.78 is 23.0. The first-order chi connectivity index (χ1) is 7.90. The first-order valence-electron chi connectivity index (χ1n) is 5.95. The molecule has 0 heterocycles. The van der Waals surface area contributed by atoms with Gasteiger partial charge in [-0.1, -0.05) is 38.8 Å². The Bertz CT molecular complexity index is 464. The zero-order chi connectivity index (χ0) is 13.1. The first kappa shape index (κ1) is 14.2. The number of benzene rings is 1. The molecule has 1 atom stereocenters. The van der Waals surface area contributed by atoms with E-state index >= 15 is 0 Å². The molecule has 0 amide bonds. The van der Waals surface area contributed by atoms with Gasteiger partial charge in [0.1, 0.15) is 0 Å². The van der Waals surface area contributed by atoms with Gasteiger partial charge in [-0.25, -0.2) is 8.42 Å². The van der Waals surface area contributed by atoms with E-state index < -0.39 is 9.84 Å². The fourth-order valence-corrected chi connectivity index (χ4v) is 2.70. The van der Waals surface area contributed by atoms with Gasteiger partial charge < -0.3 is 5.73 Å². The molecule has 2 N–H and O–H groups in total. The lowest BCUT2D eigenvalue weighted by atomic mass is 9.90. The van der Waals surface area contributed by atoms with Crippen molar-refractivity contribution < 1.29 is 8.42 Å². The molecule has 0 spiro atoms. The number of hydrogen-bond acceptors (Lipinski definition) is 3. The van der Waals surface area contributed by atoms with Crippen LogP contribution in [0.15, 0.2) is 29.2 Å². The molecule has 3 nitrogen and oxygen atoms in total. The van der Waals surface area contributed by atoms with Crippen LogP contribution in [-0.2, 0) is 9.84 Å². The van der Waals surface area contributed by atoms with Gasteiger partial charge in [-0.2, -0.15) is 0 Å². The molecule has 1 rings (SSSR count). The molecule has 0 fully saturated rings. The van der Waals surface area contributed by atoms with E-state index in [-0.39, 0.29) is 6.04 Å². The summed E-state index contributed by atoms with van der Waals surface area (Å²) in [4.78, 5) is 0.344. The standard InChI is InChI=1S/C13H21NO2S/c1-4-10(5-2)13(14)11-7-6-8-12(9-11)17(3,15)16/h6-10,13H,4-5,14H2,1-3H3. The fraction of sp³-hybridized carbons (Fsp3) is 0.538. The molecular weight excluding hydrogens is 234 g/mol. The average molecular weight is 255 g/mol. The third-order valence-corrected chi connectivity index (χ3v) is 4.34. The van der Waals surface area contributed by atoms with E-state index in [0.717, 1.165) is 18.4 Å². The summed E-state index contributed by atoms with van der Waals surface area (Å²) in [5.41, 5.74) is 7.08. The molecule has 0 radical (unpaired) electrons. The van der Waals surface area contributed by atoms with Crippen LogP contribution >= 0.6 is 0 Å². The Hall–Kier alpha value is -0.870. The second kappa shape index (κ2) is 5.65. The second-order valence-corrected chi connectivity index (χ2v) is 6.46. The van der Waals surface area contributed by atoms with Crippen molar-refractivity contribution in [2.75, 3.05) is 6.26 Å². The van der Waals surface area contributed by atoms with Crippen molar-refractivity contribution in [3.8, 4) is 0 Å². The zero-order valence-electron chi connectivity index (χ0n) is 10.7. The van der Waals surface area contributed by atoms with Gasteiger partial charge in [0.15, 0.2) is 9.84 Å². The molecule has 0 bridgehead atoms. The van der Waals surface area contributed by atoms with Crippen LogP contribution in [0.1, 0.15) is 38.3 Å². The van der Waals surface area contributed by atoms with E-state index in [2.05, 4.69) is 13.8 Å². The normalized spacial score (nSPS) is 13.9. The molecule has 4 heteroatoms. The van der Waals surface area contributed by atoms with E-state index in [0.29, 0.717) is 10.8 Å². The van der Waals surface area contributed by atoms with Gasteiger partial charge in [-0.3, -0.25) is 0 Å². The third-order valence-electron chi connectivity index (χ3n) is 3.23. The van der Waals surface area contributed by atoms with Crippen LogP contribution in [0.3, 0.4) is 0 Å². The van der Waals surface area contributed by atoms with Crippen molar-refractivity contribution in [2.45, 2.75) is 37.6 Å². The zero-order valence-corrected chi connectivity index (χ0v) is 11.5. The predicted molar refractivity (Wildman–Crippen MR) is 70.6 cm³/mol. The van der Waals surface area contributed by atoms with Gasteiger partial charge >= 0.3 is 0 Å².